The fourth-order valence-electron chi connectivity index (χ4n) is 2.13. The van der Waals surface area contributed by atoms with Gasteiger partial charge in [0.25, 0.3) is 0 Å². The predicted octanol–water partition coefficient (Wildman–Crippen LogP) is 4.49. The second kappa shape index (κ2) is 10.7. The topological polar surface area (TPSA) is 47.3 Å². The standard InChI is InChI=1S/C16H28N2O/c1-2-3-4-5-6-7-8-11-14-19-16-13-10-9-12-15(16)18-17/h9-10,12-13,18H,2-8,11,14,17H2,1H3. The van der Waals surface area contributed by atoms with Gasteiger partial charge in [-0.15, -0.1) is 0 Å². The maximum Gasteiger partial charge on any atom is 0.143 e. The molecule has 0 aliphatic carbocycles. The number of nitrogens with one attached hydrogen (secondary N) is 1. The summed E-state index contributed by atoms with van der Waals surface area (Å²) in [6.45, 7) is 3.03. The fraction of sp³-hybridized carbons (Fsp3) is 0.625. The quantitative estimate of drug-likeness (QED) is 0.351. The lowest BCUT2D eigenvalue weighted by Crippen LogP contribution is -2.09. The average Bonchev–Trinajstić information content (AvgIpc) is 2.46. The molecule has 0 aromatic heterocycles. The zero-order valence-electron chi connectivity index (χ0n) is 12.2. The molecule has 3 N–H and O–H groups in total. The first-order valence-electron chi connectivity index (χ1n) is 7.57. The molecule has 0 spiro atoms. The normalized spacial score (nSPS) is 10.4. The molecule has 0 unspecified atom stereocenters. The lowest BCUT2D eigenvalue weighted by Gasteiger charge is -2.10. The number of hydrogen-bond acceptors (Lipinski definition) is 3. The van der Waals surface area contributed by atoms with Gasteiger partial charge in [0.1, 0.15) is 5.75 Å². The summed E-state index contributed by atoms with van der Waals surface area (Å²) in [4.78, 5) is 0. The Balaban J connectivity index is 2.01. The summed E-state index contributed by atoms with van der Waals surface area (Å²) in [5, 5.41) is 0. The highest BCUT2D eigenvalue weighted by Gasteiger charge is 2.00. The van der Waals surface area contributed by atoms with Crippen molar-refractivity contribution in [1.82, 2.24) is 0 Å². The number of rotatable bonds is 11. The number of ether oxygens (including phenoxy) is 1. The Morgan fingerprint density at radius 2 is 1.58 bits per heavy atom. The maximum atomic E-state index is 5.73. The van der Waals surface area contributed by atoms with Crippen molar-refractivity contribution in [3.8, 4) is 5.75 Å². The van der Waals surface area contributed by atoms with Crippen LogP contribution in [0.25, 0.3) is 0 Å². The number of hydrazine groups is 1. The Morgan fingerprint density at radius 1 is 0.947 bits per heavy atom. The molecular weight excluding hydrogens is 236 g/mol. The molecule has 1 aromatic carbocycles. The summed E-state index contributed by atoms with van der Waals surface area (Å²) in [6, 6.07) is 7.77. The van der Waals surface area contributed by atoms with Gasteiger partial charge in [-0.05, 0) is 18.6 Å². The fourth-order valence-corrected chi connectivity index (χ4v) is 2.13. The largest absolute Gasteiger partial charge is 0.491 e. The van der Waals surface area contributed by atoms with Gasteiger partial charge in [0, 0.05) is 0 Å². The molecule has 0 atom stereocenters. The SMILES string of the molecule is CCCCCCCCCCOc1ccccc1NN. The number of para-hydroxylation sites is 2. The number of nitrogen functional groups attached to an aromatic ring is 1. The van der Waals surface area contributed by atoms with Crippen LogP contribution in [-0.2, 0) is 0 Å². The second-order valence-electron chi connectivity index (χ2n) is 4.96. The van der Waals surface area contributed by atoms with E-state index >= 15 is 0 Å². The van der Waals surface area contributed by atoms with Crippen LogP contribution in [0.4, 0.5) is 5.69 Å². The van der Waals surface area contributed by atoms with Crippen molar-refractivity contribution in [2.24, 2.45) is 5.84 Å². The van der Waals surface area contributed by atoms with Gasteiger partial charge in [-0.1, -0.05) is 64.0 Å². The molecule has 1 rings (SSSR count). The van der Waals surface area contributed by atoms with Gasteiger partial charge in [-0.3, -0.25) is 5.84 Å². The van der Waals surface area contributed by atoms with Gasteiger partial charge < -0.3 is 10.2 Å². The first-order valence-corrected chi connectivity index (χ1v) is 7.57. The Hall–Kier alpha value is -1.22. The predicted molar refractivity (Wildman–Crippen MR) is 82.4 cm³/mol. The maximum absolute atomic E-state index is 5.73. The summed E-state index contributed by atoms with van der Waals surface area (Å²) in [7, 11) is 0. The minimum absolute atomic E-state index is 0.771. The summed E-state index contributed by atoms with van der Waals surface area (Å²) in [6.07, 6.45) is 10.5. The highest BCUT2D eigenvalue weighted by molar-refractivity contribution is 5.55. The van der Waals surface area contributed by atoms with Crippen molar-refractivity contribution in [2.75, 3.05) is 12.0 Å². The molecule has 0 bridgehead atoms. The van der Waals surface area contributed by atoms with E-state index in [-0.39, 0.29) is 0 Å². The molecule has 108 valence electrons. The van der Waals surface area contributed by atoms with Crippen molar-refractivity contribution >= 4 is 5.69 Å². The van der Waals surface area contributed by atoms with Crippen LogP contribution in [0, 0.1) is 0 Å². The number of nitrogens with two attached hydrogens (primary N) is 1. The van der Waals surface area contributed by atoms with Crippen LogP contribution in [-0.4, -0.2) is 6.61 Å². The molecule has 3 nitrogen and oxygen atoms in total. The average molecular weight is 264 g/mol. The van der Waals surface area contributed by atoms with Gasteiger partial charge in [0.05, 0.1) is 12.3 Å². The van der Waals surface area contributed by atoms with E-state index in [1.807, 2.05) is 24.3 Å². The van der Waals surface area contributed by atoms with Gasteiger partial charge >= 0.3 is 0 Å². The van der Waals surface area contributed by atoms with Crippen LogP contribution in [0.5, 0.6) is 5.75 Å². The summed E-state index contributed by atoms with van der Waals surface area (Å²) in [5.74, 6) is 6.27. The van der Waals surface area contributed by atoms with Crippen molar-refractivity contribution in [2.45, 2.75) is 58.3 Å². The molecular formula is C16H28N2O. The Morgan fingerprint density at radius 3 is 2.26 bits per heavy atom. The summed E-state index contributed by atoms with van der Waals surface area (Å²) >= 11 is 0. The highest BCUT2D eigenvalue weighted by Crippen LogP contribution is 2.22. The van der Waals surface area contributed by atoms with Crippen LogP contribution in [0.1, 0.15) is 58.3 Å². The molecule has 19 heavy (non-hydrogen) atoms. The van der Waals surface area contributed by atoms with Gasteiger partial charge in [0.15, 0.2) is 0 Å². The Bertz CT molecular complexity index is 328. The van der Waals surface area contributed by atoms with Gasteiger partial charge in [-0.2, -0.15) is 0 Å². The Labute approximate surface area is 117 Å². The van der Waals surface area contributed by atoms with Crippen LogP contribution in [0.15, 0.2) is 24.3 Å². The lowest BCUT2D eigenvalue weighted by molar-refractivity contribution is 0.305. The summed E-state index contributed by atoms with van der Waals surface area (Å²) in [5.41, 5.74) is 3.50. The molecule has 0 saturated heterocycles. The third-order valence-corrected chi connectivity index (χ3v) is 3.30. The molecule has 3 heteroatoms. The van der Waals surface area contributed by atoms with E-state index in [0.717, 1.165) is 24.5 Å². The van der Waals surface area contributed by atoms with Crippen molar-refractivity contribution in [3.63, 3.8) is 0 Å². The summed E-state index contributed by atoms with van der Waals surface area (Å²) < 4.78 is 5.73. The lowest BCUT2D eigenvalue weighted by atomic mass is 10.1. The van der Waals surface area contributed by atoms with Crippen molar-refractivity contribution in [1.29, 1.82) is 0 Å². The number of unbranched alkanes of at least 4 members (excludes halogenated alkanes) is 7. The first-order chi connectivity index (χ1) is 9.38. The number of anilines is 1. The van der Waals surface area contributed by atoms with Crippen LogP contribution in [0.2, 0.25) is 0 Å². The Kier molecular flexibility index (Phi) is 8.90. The third kappa shape index (κ3) is 7.06. The number of benzene rings is 1. The van der Waals surface area contributed by atoms with E-state index in [9.17, 15) is 0 Å². The van der Waals surface area contributed by atoms with Gasteiger partial charge in [0.2, 0.25) is 0 Å². The minimum Gasteiger partial charge on any atom is -0.491 e. The van der Waals surface area contributed by atoms with E-state index in [1.54, 1.807) is 0 Å². The van der Waals surface area contributed by atoms with E-state index in [1.165, 1.54) is 44.9 Å². The van der Waals surface area contributed by atoms with Gasteiger partial charge in [-0.25, -0.2) is 0 Å². The first kappa shape index (κ1) is 15.8. The van der Waals surface area contributed by atoms with Crippen molar-refractivity contribution < 1.29 is 4.74 Å². The molecule has 0 heterocycles. The third-order valence-electron chi connectivity index (χ3n) is 3.30. The van der Waals surface area contributed by atoms with E-state index in [2.05, 4.69) is 12.3 Å². The monoisotopic (exact) mass is 264 g/mol. The van der Waals surface area contributed by atoms with Crippen molar-refractivity contribution in [3.05, 3.63) is 24.3 Å². The molecule has 0 amide bonds. The van der Waals surface area contributed by atoms with E-state index < -0.39 is 0 Å². The molecule has 0 radical (unpaired) electrons. The van der Waals surface area contributed by atoms with Crippen LogP contribution >= 0.6 is 0 Å². The molecule has 0 saturated carbocycles. The smallest absolute Gasteiger partial charge is 0.143 e. The molecule has 0 aliphatic heterocycles. The molecule has 1 aromatic rings. The molecule has 0 aliphatic rings. The van der Waals surface area contributed by atoms with Crippen LogP contribution < -0.4 is 16.0 Å². The zero-order valence-corrected chi connectivity index (χ0v) is 12.2. The van der Waals surface area contributed by atoms with E-state index in [4.69, 9.17) is 10.6 Å². The molecule has 0 fully saturated rings. The highest BCUT2D eigenvalue weighted by atomic mass is 16.5. The zero-order chi connectivity index (χ0) is 13.8. The number of hydrogen-bond donors (Lipinski definition) is 2. The van der Waals surface area contributed by atoms with E-state index in [0.29, 0.717) is 0 Å². The minimum atomic E-state index is 0.771. The van der Waals surface area contributed by atoms with Crippen LogP contribution in [0.3, 0.4) is 0 Å². The second-order valence-corrected chi connectivity index (χ2v) is 4.96.